The van der Waals surface area contributed by atoms with E-state index >= 15 is 0 Å². The minimum atomic E-state index is -0.206. The lowest BCUT2D eigenvalue weighted by Gasteiger charge is -2.18. The summed E-state index contributed by atoms with van der Waals surface area (Å²) in [6, 6.07) is 4.81. The summed E-state index contributed by atoms with van der Waals surface area (Å²) in [5, 5.41) is 0. The molecule has 0 spiro atoms. The Kier molecular flexibility index (Phi) is 5.23. The number of hydrogen-bond donors (Lipinski definition) is 0. The van der Waals surface area contributed by atoms with Crippen molar-refractivity contribution in [1.29, 1.82) is 0 Å². The molecule has 1 aromatic rings. The Morgan fingerprint density at radius 1 is 1.47 bits per heavy atom. The highest BCUT2D eigenvalue weighted by Crippen LogP contribution is 2.19. The third-order valence-electron chi connectivity index (χ3n) is 2.02. The molecule has 1 unspecified atom stereocenters. The summed E-state index contributed by atoms with van der Waals surface area (Å²) in [7, 11) is 2.05. The van der Waals surface area contributed by atoms with Gasteiger partial charge in [0, 0.05) is 22.4 Å². The SMILES string of the molecule is CC(Br)CN(C)Cc1ccc(F)cc1Br. The van der Waals surface area contributed by atoms with Crippen molar-refractivity contribution in [3.8, 4) is 0 Å². The van der Waals surface area contributed by atoms with Gasteiger partial charge < -0.3 is 4.90 Å². The maximum Gasteiger partial charge on any atom is 0.124 e. The van der Waals surface area contributed by atoms with E-state index in [1.807, 2.05) is 13.1 Å². The van der Waals surface area contributed by atoms with Gasteiger partial charge in [-0.2, -0.15) is 0 Å². The van der Waals surface area contributed by atoms with E-state index in [-0.39, 0.29) is 5.82 Å². The summed E-state index contributed by atoms with van der Waals surface area (Å²) in [6.07, 6.45) is 0. The fourth-order valence-corrected chi connectivity index (χ4v) is 2.41. The Hall–Kier alpha value is 0.0700. The monoisotopic (exact) mass is 337 g/mol. The summed E-state index contributed by atoms with van der Waals surface area (Å²) in [5.74, 6) is -0.206. The van der Waals surface area contributed by atoms with Crippen LogP contribution in [0.4, 0.5) is 4.39 Å². The van der Waals surface area contributed by atoms with Gasteiger partial charge in [0.05, 0.1) is 0 Å². The summed E-state index contributed by atoms with van der Waals surface area (Å²) in [5.41, 5.74) is 1.10. The molecule has 15 heavy (non-hydrogen) atoms. The molecule has 1 aromatic carbocycles. The van der Waals surface area contributed by atoms with Gasteiger partial charge in [0.15, 0.2) is 0 Å². The fourth-order valence-electron chi connectivity index (χ4n) is 1.43. The first kappa shape index (κ1) is 13.1. The van der Waals surface area contributed by atoms with E-state index in [0.29, 0.717) is 4.83 Å². The Bertz CT molecular complexity index is 328. The third-order valence-corrected chi connectivity index (χ3v) is 3.05. The lowest BCUT2D eigenvalue weighted by molar-refractivity contribution is 0.332. The smallest absolute Gasteiger partial charge is 0.124 e. The van der Waals surface area contributed by atoms with Crippen molar-refractivity contribution < 1.29 is 4.39 Å². The molecule has 84 valence electrons. The van der Waals surface area contributed by atoms with Crippen LogP contribution in [0.3, 0.4) is 0 Å². The van der Waals surface area contributed by atoms with Crippen LogP contribution in [-0.2, 0) is 6.54 Å². The zero-order valence-electron chi connectivity index (χ0n) is 8.80. The first-order valence-corrected chi connectivity index (χ1v) is 6.46. The van der Waals surface area contributed by atoms with Crippen molar-refractivity contribution in [2.75, 3.05) is 13.6 Å². The predicted molar refractivity (Wildman–Crippen MR) is 68.8 cm³/mol. The molecule has 0 N–H and O–H groups in total. The fraction of sp³-hybridized carbons (Fsp3) is 0.455. The van der Waals surface area contributed by atoms with Crippen LogP contribution in [0.25, 0.3) is 0 Å². The van der Waals surface area contributed by atoms with Crippen LogP contribution in [0, 0.1) is 5.82 Å². The van der Waals surface area contributed by atoms with Crippen molar-refractivity contribution in [3.05, 3.63) is 34.1 Å². The number of hydrogen-bond acceptors (Lipinski definition) is 1. The maximum atomic E-state index is 12.8. The number of halogens is 3. The Labute approximate surface area is 107 Å². The summed E-state index contributed by atoms with van der Waals surface area (Å²) in [4.78, 5) is 2.65. The second-order valence-electron chi connectivity index (χ2n) is 3.71. The third kappa shape index (κ3) is 4.62. The van der Waals surface area contributed by atoms with Gasteiger partial charge >= 0.3 is 0 Å². The molecule has 0 heterocycles. The van der Waals surface area contributed by atoms with Crippen LogP contribution in [-0.4, -0.2) is 23.3 Å². The van der Waals surface area contributed by atoms with E-state index in [1.165, 1.54) is 12.1 Å². The van der Waals surface area contributed by atoms with E-state index in [4.69, 9.17) is 0 Å². The van der Waals surface area contributed by atoms with E-state index in [2.05, 4.69) is 43.7 Å². The number of alkyl halides is 1. The van der Waals surface area contributed by atoms with Crippen LogP contribution in [0.1, 0.15) is 12.5 Å². The van der Waals surface area contributed by atoms with Gasteiger partial charge in [0.2, 0.25) is 0 Å². The van der Waals surface area contributed by atoms with Crippen LogP contribution < -0.4 is 0 Å². The molecule has 0 aromatic heterocycles. The minimum absolute atomic E-state index is 0.206. The maximum absolute atomic E-state index is 12.8. The standard InChI is InChI=1S/C11H14Br2FN/c1-8(12)6-15(2)7-9-3-4-10(14)5-11(9)13/h3-5,8H,6-7H2,1-2H3. The van der Waals surface area contributed by atoms with Gasteiger partial charge in [0.25, 0.3) is 0 Å². The Morgan fingerprint density at radius 2 is 2.13 bits per heavy atom. The minimum Gasteiger partial charge on any atom is -0.301 e. The van der Waals surface area contributed by atoms with E-state index in [1.54, 1.807) is 0 Å². The molecule has 0 saturated carbocycles. The van der Waals surface area contributed by atoms with Gasteiger partial charge in [-0.15, -0.1) is 0 Å². The molecule has 0 aliphatic heterocycles. The second-order valence-corrected chi connectivity index (χ2v) is 6.13. The van der Waals surface area contributed by atoms with Gasteiger partial charge in [-0.3, -0.25) is 0 Å². The molecule has 0 aliphatic carbocycles. The molecule has 4 heteroatoms. The molecule has 0 bridgehead atoms. The van der Waals surface area contributed by atoms with Crippen LogP contribution >= 0.6 is 31.9 Å². The molecule has 0 saturated heterocycles. The van der Waals surface area contributed by atoms with Crippen molar-refractivity contribution in [3.63, 3.8) is 0 Å². The second kappa shape index (κ2) is 5.97. The molecular weight excluding hydrogens is 325 g/mol. The van der Waals surface area contributed by atoms with Crippen molar-refractivity contribution in [2.24, 2.45) is 0 Å². The lowest BCUT2D eigenvalue weighted by atomic mass is 10.2. The average Bonchev–Trinajstić information content (AvgIpc) is 2.08. The van der Waals surface area contributed by atoms with Gasteiger partial charge in [-0.25, -0.2) is 4.39 Å². The van der Waals surface area contributed by atoms with Gasteiger partial charge in [-0.05, 0) is 24.7 Å². The van der Waals surface area contributed by atoms with Gasteiger partial charge in [-0.1, -0.05) is 44.8 Å². The molecule has 0 radical (unpaired) electrons. The van der Waals surface area contributed by atoms with E-state index < -0.39 is 0 Å². The molecule has 0 aliphatic rings. The van der Waals surface area contributed by atoms with E-state index in [0.717, 1.165) is 23.1 Å². The molecule has 1 rings (SSSR count). The van der Waals surface area contributed by atoms with Crippen molar-refractivity contribution >= 4 is 31.9 Å². The first-order chi connectivity index (χ1) is 6.99. The number of benzene rings is 1. The summed E-state index contributed by atoms with van der Waals surface area (Å²) >= 11 is 6.87. The largest absolute Gasteiger partial charge is 0.301 e. The first-order valence-electron chi connectivity index (χ1n) is 4.75. The normalized spacial score (nSPS) is 13.2. The molecule has 0 fully saturated rings. The molecule has 1 atom stereocenters. The topological polar surface area (TPSA) is 3.24 Å². The van der Waals surface area contributed by atoms with E-state index in [9.17, 15) is 4.39 Å². The van der Waals surface area contributed by atoms with Crippen LogP contribution in [0.15, 0.2) is 22.7 Å². The molecule has 1 nitrogen and oxygen atoms in total. The number of rotatable bonds is 4. The highest BCUT2D eigenvalue weighted by Gasteiger charge is 2.07. The van der Waals surface area contributed by atoms with Crippen molar-refractivity contribution in [2.45, 2.75) is 18.3 Å². The lowest BCUT2D eigenvalue weighted by Crippen LogP contribution is -2.24. The molecular formula is C11H14Br2FN. The van der Waals surface area contributed by atoms with Gasteiger partial charge in [0.1, 0.15) is 5.82 Å². The summed E-state index contributed by atoms with van der Waals surface area (Å²) in [6.45, 7) is 3.89. The number of nitrogens with zero attached hydrogens (tertiary/aromatic N) is 1. The van der Waals surface area contributed by atoms with Crippen LogP contribution in [0.5, 0.6) is 0 Å². The highest BCUT2D eigenvalue weighted by atomic mass is 79.9. The Morgan fingerprint density at radius 3 is 2.67 bits per heavy atom. The Balaban J connectivity index is 2.64. The summed E-state index contributed by atoms with van der Waals surface area (Å²) < 4.78 is 13.7. The highest BCUT2D eigenvalue weighted by molar-refractivity contribution is 9.10. The quantitative estimate of drug-likeness (QED) is 0.755. The zero-order valence-corrected chi connectivity index (χ0v) is 12.0. The zero-order chi connectivity index (χ0) is 11.4. The predicted octanol–water partition coefficient (Wildman–Crippen LogP) is 3.80. The molecule has 0 amide bonds. The van der Waals surface area contributed by atoms with Crippen LogP contribution in [0.2, 0.25) is 0 Å². The van der Waals surface area contributed by atoms with Crippen molar-refractivity contribution in [1.82, 2.24) is 4.90 Å². The average molecular weight is 339 g/mol.